The molecule has 11 nitrogen and oxygen atoms in total. The summed E-state index contributed by atoms with van der Waals surface area (Å²) >= 11 is 0. The number of nitrogen functional groups attached to an aromatic ring is 2. The molecule has 1 heterocycles. The van der Waals surface area contributed by atoms with E-state index in [0.29, 0.717) is 34.6 Å². The van der Waals surface area contributed by atoms with Crippen LogP contribution in [0.15, 0.2) is 30.5 Å². The number of Topliss-reactive ketones (excluding diaryl/α,β-unsaturated/α-hetero) is 1. The van der Waals surface area contributed by atoms with Crippen LogP contribution < -0.4 is 30.4 Å². The van der Waals surface area contributed by atoms with Crippen molar-refractivity contribution in [3.63, 3.8) is 0 Å². The third-order valence-electron chi connectivity index (χ3n) is 5.29. The van der Waals surface area contributed by atoms with Crippen molar-refractivity contribution in [1.29, 1.82) is 0 Å². The van der Waals surface area contributed by atoms with Gasteiger partial charge in [-0.3, -0.25) is 9.59 Å². The lowest BCUT2D eigenvalue weighted by atomic mass is 10.0. The first-order chi connectivity index (χ1) is 17.7. The highest BCUT2D eigenvalue weighted by atomic mass is 16.5. The number of ketones is 1. The van der Waals surface area contributed by atoms with E-state index in [0.717, 1.165) is 5.56 Å². The Balaban J connectivity index is 2.13. The first kappa shape index (κ1) is 26.6. The average molecular weight is 507 g/mol. The number of carbonyl (C=O) groups excluding carboxylic acids is 1. The number of aliphatic carboxylic acids is 1. The summed E-state index contributed by atoms with van der Waals surface area (Å²) in [6.07, 6.45) is 1.25. The molecular formula is C26H26N4O7. The molecule has 0 saturated carbocycles. The third-order valence-corrected chi connectivity index (χ3v) is 5.29. The van der Waals surface area contributed by atoms with E-state index in [9.17, 15) is 9.59 Å². The Kier molecular flexibility index (Phi) is 8.37. The molecule has 0 saturated heterocycles. The molecule has 5 N–H and O–H groups in total. The minimum atomic E-state index is -1.24. The van der Waals surface area contributed by atoms with Gasteiger partial charge in [-0.25, -0.2) is 4.98 Å². The predicted molar refractivity (Wildman–Crippen MR) is 135 cm³/mol. The number of hydrogen-bond donors (Lipinski definition) is 3. The standard InChI is InChI=1S/C26H26N4O7/c1-34-20-9-14(8-18-13-29-26(28)30-25(18)27)7-15(23(20)36-3)5-6-16-10-17(19(31)12-22(32)33)11-21(35-2)24(16)37-4/h7,9-11,13H,8,12H2,1-4H3,(H,32,33)(H4,27,28,29,30). The number of nitrogens with zero attached hydrogens (tertiary/aromatic N) is 2. The summed E-state index contributed by atoms with van der Waals surface area (Å²) in [4.78, 5) is 31.4. The van der Waals surface area contributed by atoms with Gasteiger partial charge in [0, 0.05) is 23.7 Å². The van der Waals surface area contributed by atoms with Crippen molar-refractivity contribution in [3.05, 3.63) is 58.3 Å². The second-order valence-electron chi connectivity index (χ2n) is 7.70. The zero-order chi connectivity index (χ0) is 27.1. The van der Waals surface area contributed by atoms with Crippen LogP contribution >= 0.6 is 0 Å². The smallest absolute Gasteiger partial charge is 0.311 e. The maximum Gasteiger partial charge on any atom is 0.311 e. The number of nitrogens with two attached hydrogens (primary N) is 2. The summed E-state index contributed by atoms with van der Waals surface area (Å²) in [5.74, 6) is 5.87. The molecule has 37 heavy (non-hydrogen) atoms. The van der Waals surface area contributed by atoms with Gasteiger partial charge in [0.05, 0.1) is 39.6 Å². The van der Waals surface area contributed by atoms with Crippen molar-refractivity contribution in [1.82, 2.24) is 9.97 Å². The number of benzene rings is 2. The molecule has 0 aliphatic heterocycles. The largest absolute Gasteiger partial charge is 0.493 e. The monoisotopic (exact) mass is 506 g/mol. The highest BCUT2D eigenvalue weighted by Crippen LogP contribution is 2.35. The number of carboxylic acids is 1. The van der Waals surface area contributed by atoms with Crippen LogP contribution in [0, 0.1) is 11.8 Å². The Morgan fingerprint density at radius 2 is 1.49 bits per heavy atom. The van der Waals surface area contributed by atoms with Crippen LogP contribution in [0.5, 0.6) is 23.0 Å². The van der Waals surface area contributed by atoms with Gasteiger partial charge in [0.1, 0.15) is 12.2 Å². The Bertz CT molecular complexity index is 1410. The van der Waals surface area contributed by atoms with Gasteiger partial charge in [-0.1, -0.05) is 11.8 Å². The fourth-order valence-electron chi connectivity index (χ4n) is 3.60. The second kappa shape index (κ2) is 11.6. The number of methoxy groups -OCH3 is 4. The van der Waals surface area contributed by atoms with Gasteiger partial charge >= 0.3 is 5.97 Å². The molecule has 1 aromatic heterocycles. The van der Waals surface area contributed by atoms with Crippen LogP contribution in [0.1, 0.15) is 39.0 Å². The number of carboxylic acid groups (broad SMARTS) is 1. The first-order valence-corrected chi connectivity index (χ1v) is 10.9. The van der Waals surface area contributed by atoms with E-state index in [1.165, 1.54) is 40.6 Å². The van der Waals surface area contributed by atoms with Crippen molar-refractivity contribution >= 4 is 23.5 Å². The molecule has 11 heteroatoms. The summed E-state index contributed by atoms with van der Waals surface area (Å²) in [7, 11) is 5.84. The molecule has 0 aliphatic rings. The van der Waals surface area contributed by atoms with E-state index < -0.39 is 18.2 Å². The lowest BCUT2D eigenvalue weighted by molar-refractivity contribution is -0.135. The molecule has 0 fully saturated rings. The first-order valence-electron chi connectivity index (χ1n) is 10.9. The fraction of sp³-hybridized carbons (Fsp3) is 0.231. The van der Waals surface area contributed by atoms with E-state index in [4.69, 9.17) is 35.5 Å². The summed E-state index contributed by atoms with van der Waals surface area (Å²) in [6.45, 7) is 0. The molecule has 3 aromatic rings. The summed E-state index contributed by atoms with van der Waals surface area (Å²) in [5, 5.41) is 9.01. The van der Waals surface area contributed by atoms with E-state index >= 15 is 0 Å². The van der Waals surface area contributed by atoms with E-state index in [2.05, 4.69) is 21.8 Å². The second-order valence-corrected chi connectivity index (χ2v) is 7.70. The molecule has 0 radical (unpaired) electrons. The fourth-order valence-corrected chi connectivity index (χ4v) is 3.60. The Labute approximate surface area is 213 Å². The number of rotatable bonds is 9. The minimum absolute atomic E-state index is 0.0774. The van der Waals surface area contributed by atoms with Crippen LogP contribution in [-0.2, 0) is 11.2 Å². The lowest BCUT2D eigenvalue weighted by Gasteiger charge is -2.13. The maximum absolute atomic E-state index is 12.4. The minimum Gasteiger partial charge on any atom is -0.493 e. The summed E-state index contributed by atoms with van der Waals surface area (Å²) < 4.78 is 21.8. The topological polar surface area (TPSA) is 169 Å². The lowest BCUT2D eigenvalue weighted by Crippen LogP contribution is -2.08. The zero-order valence-corrected chi connectivity index (χ0v) is 20.7. The van der Waals surface area contributed by atoms with Gasteiger partial charge in [-0.15, -0.1) is 0 Å². The van der Waals surface area contributed by atoms with Crippen molar-refractivity contribution in [2.75, 3.05) is 39.9 Å². The Morgan fingerprint density at radius 3 is 2.03 bits per heavy atom. The molecule has 2 aromatic carbocycles. The van der Waals surface area contributed by atoms with Gasteiger partial charge in [-0.05, 0) is 29.8 Å². The summed E-state index contributed by atoms with van der Waals surface area (Å²) in [6, 6.07) is 6.46. The van der Waals surface area contributed by atoms with Gasteiger partial charge in [0.25, 0.3) is 0 Å². The third kappa shape index (κ3) is 6.18. The Hall–Kier alpha value is -4.98. The van der Waals surface area contributed by atoms with Crippen molar-refractivity contribution in [2.45, 2.75) is 12.8 Å². The van der Waals surface area contributed by atoms with Crippen molar-refractivity contribution in [2.24, 2.45) is 0 Å². The van der Waals surface area contributed by atoms with Crippen LogP contribution in [0.2, 0.25) is 0 Å². The van der Waals surface area contributed by atoms with Gasteiger partial charge in [0.15, 0.2) is 28.8 Å². The molecule has 0 spiro atoms. The van der Waals surface area contributed by atoms with Crippen LogP contribution in [0.3, 0.4) is 0 Å². The van der Waals surface area contributed by atoms with E-state index in [-0.39, 0.29) is 28.8 Å². The molecule has 0 atom stereocenters. The molecule has 0 aliphatic carbocycles. The SMILES string of the molecule is COc1cc(Cc2cnc(N)nc2N)cc(C#Cc2cc(C(=O)CC(=O)O)cc(OC)c2OC)c1OC. The highest BCUT2D eigenvalue weighted by Gasteiger charge is 2.18. The predicted octanol–water partition coefficient (Wildman–Crippen LogP) is 2.32. The molecular weight excluding hydrogens is 480 g/mol. The normalized spacial score (nSPS) is 10.2. The summed E-state index contributed by atoms with van der Waals surface area (Å²) in [5.41, 5.74) is 14.0. The number of carbonyl (C=O) groups is 2. The molecule has 192 valence electrons. The van der Waals surface area contributed by atoms with Crippen LogP contribution in [0.4, 0.5) is 11.8 Å². The molecule has 0 amide bonds. The molecule has 0 unspecified atom stereocenters. The quantitative estimate of drug-likeness (QED) is 0.221. The zero-order valence-electron chi connectivity index (χ0n) is 20.7. The number of aromatic nitrogens is 2. The Morgan fingerprint density at radius 1 is 0.892 bits per heavy atom. The number of hydrogen-bond acceptors (Lipinski definition) is 10. The highest BCUT2D eigenvalue weighted by molar-refractivity contribution is 6.06. The maximum atomic E-state index is 12.4. The van der Waals surface area contributed by atoms with E-state index in [1.54, 1.807) is 18.3 Å². The van der Waals surface area contributed by atoms with Gasteiger partial charge in [-0.2, -0.15) is 4.98 Å². The van der Waals surface area contributed by atoms with Crippen LogP contribution in [0.25, 0.3) is 0 Å². The number of anilines is 2. The van der Waals surface area contributed by atoms with Gasteiger partial charge in [0.2, 0.25) is 5.95 Å². The number of ether oxygens (including phenoxy) is 4. The van der Waals surface area contributed by atoms with Crippen molar-refractivity contribution < 1.29 is 33.6 Å². The van der Waals surface area contributed by atoms with Crippen LogP contribution in [-0.4, -0.2) is 55.3 Å². The van der Waals surface area contributed by atoms with E-state index in [1.807, 2.05) is 0 Å². The average Bonchev–Trinajstić information content (AvgIpc) is 2.87. The van der Waals surface area contributed by atoms with Crippen molar-refractivity contribution in [3.8, 4) is 34.8 Å². The van der Waals surface area contributed by atoms with Gasteiger partial charge < -0.3 is 35.5 Å². The molecule has 3 rings (SSSR count). The molecule has 0 bridgehead atoms.